The molecule has 1 heterocycles. The molecule has 2 aromatic rings. The van der Waals surface area contributed by atoms with E-state index in [-0.39, 0.29) is 17.3 Å². The van der Waals surface area contributed by atoms with Crippen LogP contribution < -0.4 is 10.5 Å². The van der Waals surface area contributed by atoms with Gasteiger partial charge in [-0.25, -0.2) is 0 Å². The Morgan fingerprint density at radius 1 is 1.45 bits per heavy atom. The van der Waals surface area contributed by atoms with Gasteiger partial charge < -0.3 is 15.0 Å². The van der Waals surface area contributed by atoms with Crippen molar-refractivity contribution in [2.24, 2.45) is 0 Å². The number of nitrogens with zero attached hydrogens (tertiary/aromatic N) is 2. The Morgan fingerprint density at radius 3 is 2.80 bits per heavy atom. The Labute approximate surface area is 115 Å². The number of para-hydroxylation sites is 1. The van der Waals surface area contributed by atoms with Gasteiger partial charge in [-0.3, -0.25) is 10.1 Å². The summed E-state index contributed by atoms with van der Waals surface area (Å²) in [5, 5.41) is 14.8. The summed E-state index contributed by atoms with van der Waals surface area (Å²) in [5.74, 6) is 0.874. The molecule has 0 saturated carbocycles. The third kappa shape index (κ3) is 2.29. The molecule has 7 heteroatoms. The Bertz CT molecular complexity index is 637. The van der Waals surface area contributed by atoms with Crippen molar-refractivity contribution in [2.45, 2.75) is 20.3 Å². The van der Waals surface area contributed by atoms with Gasteiger partial charge in [0.25, 0.3) is 0 Å². The summed E-state index contributed by atoms with van der Waals surface area (Å²) in [5.41, 5.74) is 6.82. The lowest BCUT2D eigenvalue weighted by Gasteiger charge is -2.09. The van der Waals surface area contributed by atoms with Crippen molar-refractivity contribution in [2.75, 3.05) is 12.3 Å². The molecule has 0 unspecified atom stereocenters. The van der Waals surface area contributed by atoms with Gasteiger partial charge in [0, 0.05) is 11.6 Å². The average molecular weight is 277 g/mol. The summed E-state index contributed by atoms with van der Waals surface area (Å²) >= 11 is 0. The van der Waals surface area contributed by atoms with Crippen LogP contribution in [0.2, 0.25) is 0 Å². The summed E-state index contributed by atoms with van der Waals surface area (Å²) in [6, 6.07) is 4.66. The first kappa shape index (κ1) is 13.9. The highest BCUT2D eigenvalue weighted by Crippen LogP contribution is 2.40. The van der Waals surface area contributed by atoms with Gasteiger partial charge in [-0.15, -0.1) is 0 Å². The van der Waals surface area contributed by atoms with Crippen LogP contribution in [-0.4, -0.2) is 16.7 Å². The van der Waals surface area contributed by atoms with Crippen molar-refractivity contribution >= 4 is 11.5 Å². The zero-order valence-electron chi connectivity index (χ0n) is 11.3. The van der Waals surface area contributed by atoms with Crippen LogP contribution >= 0.6 is 0 Å². The highest BCUT2D eigenvalue weighted by molar-refractivity contribution is 5.76. The largest absolute Gasteiger partial charge is 0.487 e. The summed E-state index contributed by atoms with van der Waals surface area (Å²) in [7, 11) is 0. The quantitative estimate of drug-likeness (QED) is 0.665. The molecular formula is C13H15N3O4. The lowest BCUT2D eigenvalue weighted by molar-refractivity contribution is -0.385. The number of nitrogen functional groups attached to an aromatic ring is 1. The van der Waals surface area contributed by atoms with Gasteiger partial charge in [-0.2, -0.15) is 0 Å². The molecule has 0 amide bonds. The molecule has 0 fully saturated rings. The lowest BCUT2D eigenvalue weighted by atomic mass is 10.0. The standard InChI is InChI=1S/C13H15N3O4/c1-3-8-11(20-15-13(8)14)9-6-5-7-10(16(17)18)12(9)19-4-2/h5-7H,3-4H2,1-2H3,(H2,14,15). The molecule has 1 aromatic heterocycles. The number of hydrogen-bond acceptors (Lipinski definition) is 6. The number of benzene rings is 1. The Morgan fingerprint density at radius 2 is 2.20 bits per heavy atom. The number of rotatable bonds is 5. The molecule has 106 valence electrons. The Balaban J connectivity index is 2.66. The number of hydrogen-bond donors (Lipinski definition) is 1. The Hall–Kier alpha value is -2.57. The van der Waals surface area contributed by atoms with Crippen LogP contribution in [0.4, 0.5) is 11.5 Å². The summed E-state index contributed by atoms with van der Waals surface area (Å²) in [4.78, 5) is 10.6. The highest BCUT2D eigenvalue weighted by Gasteiger charge is 2.24. The molecule has 0 aliphatic carbocycles. The molecule has 0 bridgehead atoms. The zero-order chi connectivity index (χ0) is 14.7. The molecule has 0 saturated heterocycles. The SMILES string of the molecule is CCOc1c(-c2onc(N)c2CC)cccc1[N+](=O)[O-]. The van der Waals surface area contributed by atoms with Crippen molar-refractivity contribution in [3.8, 4) is 17.1 Å². The van der Waals surface area contributed by atoms with Gasteiger partial charge in [0.05, 0.1) is 17.1 Å². The van der Waals surface area contributed by atoms with E-state index in [0.29, 0.717) is 29.9 Å². The first-order valence-corrected chi connectivity index (χ1v) is 6.24. The number of nitro groups is 1. The van der Waals surface area contributed by atoms with E-state index in [1.54, 1.807) is 19.1 Å². The van der Waals surface area contributed by atoms with Crippen LogP contribution in [-0.2, 0) is 6.42 Å². The van der Waals surface area contributed by atoms with Gasteiger partial charge >= 0.3 is 5.69 Å². The second kappa shape index (κ2) is 5.60. The number of ether oxygens (including phenoxy) is 1. The average Bonchev–Trinajstić information content (AvgIpc) is 2.80. The third-order valence-corrected chi connectivity index (χ3v) is 2.90. The highest BCUT2D eigenvalue weighted by atomic mass is 16.6. The van der Waals surface area contributed by atoms with Crippen LogP contribution in [0.1, 0.15) is 19.4 Å². The first-order valence-electron chi connectivity index (χ1n) is 6.24. The molecule has 2 rings (SSSR count). The topological polar surface area (TPSA) is 104 Å². The normalized spacial score (nSPS) is 10.5. The minimum Gasteiger partial charge on any atom is -0.487 e. The molecular weight excluding hydrogens is 262 g/mol. The zero-order valence-corrected chi connectivity index (χ0v) is 11.3. The second-order valence-electron chi connectivity index (χ2n) is 4.07. The molecule has 0 spiro atoms. The molecule has 7 nitrogen and oxygen atoms in total. The van der Waals surface area contributed by atoms with E-state index >= 15 is 0 Å². The van der Waals surface area contributed by atoms with Crippen molar-refractivity contribution in [1.82, 2.24) is 5.16 Å². The van der Waals surface area contributed by atoms with Gasteiger partial charge in [0.1, 0.15) is 0 Å². The maximum absolute atomic E-state index is 11.1. The fourth-order valence-corrected chi connectivity index (χ4v) is 2.02. The summed E-state index contributed by atoms with van der Waals surface area (Å²) in [6.45, 7) is 3.98. The number of anilines is 1. The fourth-order valence-electron chi connectivity index (χ4n) is 2.02. The van der Waals surface area contributed by atoms with Crippen molar-refractivity contribution in [3.63, 3.8) is 0 Å². The van der Waals surface area contributed by atoms with E-state index in [0.717, 1.165) is 0 Å². The molecule has 1 aromatic carbocycles. The van der Waals surface area contributed by atoms with Crippen molar-refractivity contribution in [1.29, 1.82) is 0 Å². The van der Waals surface area contributed by atoms with E-state index in [1.807, 2.05) is 6.92 Å². The number of aromatic nitrogens is 1. The van der Waals surface area contributed by atoms with Crippen LogP contribution in [0.15, 0.2) is 22.7 Å². The fraction of sp³-hybridized carbons (Fsp3) is 0.308. The van der Waals surface area contributed by atoms with Crippen molar-refractivity contribution in [3.05, 3.63) is 33.9 Å². The Kier molecular flexibility index (Phi) is 3.88. The number of nitro benzene ring substituents is 1. The molecule has 2 N–H and O–H groups in total. The van der Waals surface area contributed by atoms with Crippen LogP contribution in [0.3, 0.4) is 0 Å². The predicted octanol–water partition coefficient (Wildman–Crippen LogP) is 2.79. The smallest absolute Gasteiger partial charge is 0.311 e. The van der Waals surface area contributed by atoms with Crippen LogP contribution in [0.25, 0.3) is 11.3 Å². The van der Waals surface area contributed by atoms with Crippen LogP contribution in [0, 0.1) is 10.1 Å². The monoisotopic (exact) mass is 277 g/mol. The van der Waals surface area contributed by atoms with E-state index in [1.165, 1.54) is 6.07 Å². The summed E-state index contributed by atoms with van der Waals surface area (Å²) < 4.78 is 10.6. The van der Waals surface area contributed by atoms with E-state index < -0.39 is 4.92 Å². The van der Waals surface area contributed by atoms with Gasteiger partial charge in [0.2, 0.25) is 5.75 Å². The van der Waals surface area contributed by atoms with E-state index in [9.17, 15) is 10.1 Å². The van der Waals surface area contributed by atoms with Crippen LogP contribution in [0.5, 0.6) is 5.75 Å². The maximum atomic E-state index is 11.1. The minimum atomic E-state index is -0.486. The molecule has 0 aliphatic heterocycles. The second-order valence-corrected chi connectivity index (χ2v) is 4.07. The lowest BCUT2D eigenvalue weighted by Crippen LogP contribution is -2.00. The minimum absolute atomic E-state index is 0.110. The molecule has 0 aliphatic rings. The van der Waals surface area contributed by atoms with Gasteiger partial charge in [-0.1, -0.05) is 18.1 Å². The number of nitrogens with two attached hydrogens (primary N) is 1. The molecule has 0 atom stereocenters. The maximum Gasteiger partial charge on any atom is 0.311 e. The molecule has 20 heavy (non-hydrogen) atoms. The van der Waals surface area contributed by atoms with E-state index in [4.69, 9.17) is 15.0 Å². The van der Waals surface area contributed by atoms with Crippen molar-refractivity contribution < 1.29 is 14.2 Å². The van der Waals surface area contributed by atoms with E-state index in [2.05, 4.69) is 5.16 Å². The first-order chi connectivity index (χ1) is 9.60. The van der Waals surface area contributed by atoms with Gasteiger partial charge in [0.15, 0.2) is 11.6 Å². The predicted molar refractivity (Wildman–Crippen MR) is 73.6 cm³/mol. The third-order valence-electron chi connectivity index (χ3n) is 2.90. The summed E-state index contributed by atoms with van der Waals surface area (Å²) in [6.07, 6.45) is 0.610. The van der Waals surface area contributed by atoms with Gasteiger partial charge in [-0.05, 0) is 19.4 Å². The molecule has 0 radical (unpaired) electrons.